The summed E-state index contributed by atoms with van der Waals surface area (Å²) in [5.74, 6) is 0.709. The fraction of sp³-hybridized carbons (Fsp3) is 0.667. The van der Waals surface area contributed by atoms with Gasteiger partial charge in [0, 0.05) is 12.3 Å². The smallest absolute Gasteiger partial charge is 0.263 e. The third-order valence-corrected chi connectivity index (χ3v) is 4.08. The van der Waals surface area contributed by atoms with Gasteiger partial charge in [0.25, 0.3) is 5.91 Å². The molecule has 1 heterocycles. The van der Waals surface area contributed by atoms with Crippen molar-refractivity contribution in [2.75, 3.05) is 12.3 Å². The van der Waals surface area contributed by atoms with Crippen LogP contribution in [0, 0.1) is 0 Å². The Balaban J connectivity index is 2.79. The highest BCUT2D eigenvalue weighted by atomic mass is 35.5. The largest absolute Gasteiger partial charge is 0.304 e. The quantitative estimate of drug-likeness (QED) is 0.706. The summed E-state index contributed by atoms with van der Waals surface area (Å²) in [7, 11) is 0. The van der Waals surface area contributed by atoms with E-state index in [-0.39, 0.29) is 5.91 Å². The number of hydrogen-bond acceptors (Lipinski definition) is 2. The second-order valence-electron chi connectivity index (χ2n) is 2.99. The van der Waals surface area contributed by atoms with Crippen molar-refractivity contribution < 1.29 is 4.79 Å². The van der Waals surface area contributed by atoms with Gasteiger partial charge in [0.15, 0.2) is 4.33 Å². The number of rotatable bonds is 2. The van der Waals surface area contributed by atoms with Gasteiger partial charge in [0.05, 0.1) is 5.03 Å². The van der Waals surface area contributed by atoms with E-state index in [1.54, 1.807) is 23.6 Å². The number of alkyl halides is 2. The van der Waals surface area contributed by atoms with Crippen LogP contribution >= 0.6 is 35.0 Å². The van der Waals surface area contributed by atoms with Crippen molar-refractivity contribution >= 4 is 40.9 Å². The molecule has 0 N–H and O–H groups in total. The number of hydrogen-bond donors (Lipinski definition) is 0. The lowest BCUT2D eigenvalue weighted by Gasteiger charge is -2.24. The van der Waals surface area contributed by atoms with Crippen molar-refractivity contribution in [2.24, 2.45) is 0 Å². The van der Waals surface area contributed by atoms with E-state index in [4.69, 9.17) is 23.2 Å². The van der Waals surface area contributed by atoms with Gasteiger partial charge >= 0.3 is 0 Å². The molecule has 80 valence electrons. The Hall–Kier alpha value is 0.140. The van der Waals surface area contributed by atoms with Gasteiger partial charge in [-0.2, -0.15) is 0 Å². The van der Waals surface area contributed by atoms with E-state index >= 15 is 0 Å². The van der Waals surface area contributed by atoms with E-state index in [9.17, 15) is 4.79 Å². The van der Waals surface area contributed by atoms with Crippen molar-refractivity contribution in [3.8, 4) is 0 Å². The van der Waals surface area contributed by atoms with Gasteiger partial charge < -0.3 is 4.90 Å². The molecule has 0 atom stereocenters. The Labute approximate surface area is 98.6 Å². The third kappa shape index (κ3) is 2.38. The molecule has 14 heavy (non-hydrogen) atoms. The van der Waals surface area contributed by atoms with E-state index in [2.05, 4.69) is 0 Å². The van der Waals surface area contributed by atoms with Gasteiger partial charge in [-0.05, 0) is 13.3 Å². The zero-order valence-corrected chi connectivity index (χ0v) is 10.5. The maximum absolute atomic E-state index is 11.9. The molecule has 0 aromatic rings. The van der Waals surface area contributed by atoms with Crippen LogP contribution < -0.4 is 0 Å². The summed E-state index contributed by atoms with van der Waals surface area (Å²) in [5, 5.41) is 0.953. The summed E-state index contributed by atoms with van der Waals surface area (Å²) in [6.45, 7) is 4.41. The molecule has 2 nitrogen and oxygen atoms in total. The average Bonchev–Trinajstić information content (AvgIpc) is 2.64. The van der Waals surface area contributed by atoms with Crippen LogP contribution in [-0.2, 0) is 4.79 Å². The van der Waals surface area contributed by atoms with Crippen LogP contribution in [0.2, 0.25) is 0 Å². The van der Waals surface area contributed by atoms with Crippen LogP contribution in [0.3, 0.4) is 0 Å². The zero-order chi connectivity index (χ0) is 10.8. The second kappa shape index (κ2) is 4.77. The first-order valence-electron chi connectivity index (χ1n) is 4.52. The normalized spacial score (nSPS) is 20.6. The number of carbonyl (C=O) groups is 1. The molecule has 1 amide bonds. The van der Waals surface area contributed by atoms with Gasteiger partial charge in [-0.25, -0.2) is 0 Å². The van der Waals surface area contributed by atoms with Crippen LogP contribution in [0.5, 0.6) is 0 Å². The maximum Gasteiger partial charge on any atom is 0.263 e. The molecule has 0 unspecified atom stereocenters. The van der Waals surface area contributed by atoms with Crippen molar-refractivity contribution in [1.29, 1.82) is 0 Å². The minimum absolute atomic E-state index is 0.207. The van der Waals surface area contributed by atoms with Crippen LogP contribution in [0.4, 0.5) is 0 Å². The molecule has 0 aliphatic carbocycles. The van der Waals surface area contributed by atoms with Crippen LogP contribution in [0.15, 0.2) is 11.1 Å². The van der Waals surface area contributed by atoms with Crippen molar-refractivity contribution in [1.82, 2.24) is 4.90 Å². The van der Waals surface area contributed by atoms with Crippen molar-refractivity contribution in [3.05, 3.63) is 11.1 Å². The highest BCUT2D eigenvalue weighted by Gasteiger charge is 2.38. The summed E-state index contributed by atoms with van der Waals surface area (Å²) in [6, 6.07) is 0. The predicted molar refractivity (Wildman–Crippen MR) is 62.7 cm³/mol. The first-order chi connectivity index (χ1) is 6.53. The minimum Gasteiger partial charge on any atom is -0.304 e. The SMILES string of the molecule is C/C=C1\SCCN1C(=O)C(Cl)(Cl)CC. The van der Waals surface area contributed by atoms with Gasteiger partial charge in [-0.3, -0.25) is 4.79 Å². The van der Waals surface area contributed by atoms with E-state index in [1.807, 2.05) is 13.0 Å². The molecule has 0 saturated carbocycles. The van der Waals surface area contributed by atoms with Crippen LogP contribution in [0.25, 0.3) is 0 Å². The molecule has 5 heteroatoms. The standard InChI is InChI=1S/C9H13Cl2NOS/c1-3-7-12(5-6-14-7)8(13)9(10,11)4-2/h3H,4-6H2,1-2H3/b7-3-. The van der Waals surface area contributed by atoms with E-state index < -0.39 is 4.33 Å². The lowest BCUT2D eigenvalue weighted by atomic mass is 10.3. The monoisotopic (exact) mass is 253 g/mol. The van der Waals surface area contributed by atoms with E-state index in [0.29, 0.717) is 13.0 Å². The van der Waals surface area contributed by atoms with Gasteiger partial charge in [-0.1, -0.05) is 36.2 Å². The molecule has 1 aliphatic rings. The van der Waals surface area contributed by atoms with E-state index in [0.717, 1.165) is 10.8 Å². The molecular formula is C9H13Cl2NOS. The Bertz CT molecular complexity index is 266. The maximum atomic E-state index is 11.9. The molecule has 1 saturated heterocycles. The lowest BCUT2D eigenvalue weighted by molar-refractivity contribution is -0.129. The highest BCUT2D eigenvalue weighted by molar-refractivity contribution is 8.03. The van der Waals surface area contributed by atoms with Crippen molar-refractivity contribution in [2.45, 2.75) is 24.6 Å². The zero-order valence-electron chi connectivity index (χ0n) is 8.22. The Kier molecular flexibility index (Phi) is 4.16. The summed E-state index contributed by atoms with van der Waals surface area (Å²) in [4.78, 5) is 13.5. The fourth-order valence-electron chi connectivity index (χ4n) is 1.22. The Morgan fingerprint density at radius 1 is 1.71 bits per heavy atom. The van der Waals surface area contributed by atoms with Gasteiger partial charge in [0.1, 0.15) is 0 Å². The Morgan fingerprint density at radius 2 is 2.36 bits per heavy atom. The van der Waals surface area contributed by atoms with Crippen molar-refractivity contribution in [3.63, 3.8) is 0 Å². The summed E-state index contributed by atoms with van der Waals surface area (Å²) in [5.41, 5.74) is 0. The topological polar surface area (TPSA) is 20.3 Å². The number of halogens is 2. The lowest BCUT2D eigenvalue weighted by Crippen LogP contribution is -2.39. The molecule has 0 aromatic carbocycles. The minimum atomic E-state index is -1.28. The third-order valence-electron chi connectivity index (χ3n) is 2.08. The average molecular weight is 254 g/mol. The molecule has 0 aromatic heterocycles. The summed E-state index contributed by atoms with van der Waals surface area (Å²) >= 11 is 13.5. The van der Waals surface area contributed by atoms with Crippen LogP contribution in [0.1, 0.15) is 20.3 Å². The molecule has 0 spiro atoms. The molecule has 1 fully saturated rings. The molecule has 1 aliphatic heterocycles. The molecular weight excluding hydrogens is 241 g/mol. The summed E-state index contributed by atoms with van der Waals surface area (Å²) in [6.07, 6.45) is 2.34. The number of nitrogens with zero attached hydrogens (tertiary/aromatic N) is 1. The molecule has 0 bridgehead atoms. The van der Waals surface area contributed by atoms with Gasteiger partial charge in [0.2, 0.25) is 0 Å². The first-order valence-corrected chi connectivity index (χ1v) is 6.26. The molecule has 0 radical (unpaired) electrons. The van der Waals surface area contributed by atoms with Gasteiger partial charge in [-0.15, -0.1) is 11.8 Å². The second-order valence-corrected chi connectivity index (χ2v) is 5.59. The highest BCUT2D eigenvalue weighted by Crippen LogP contribution is 2.34. The van der Waals surface area contributed by atoms with E-state index in [1.165, 1.54) is 0 Å². The Morgan fingerprint density at radius 3 is 2.86 bits per heavy atom. The first kappa shape index (κ1) is 12.2. The fourth-order valence-corrected chi connectivity index (χ4v) is 2.40. The predicted octanol–water partition coefficient (Wildman–Crippen LogP) is 3.01. The number of allylic oxidation sites excluding steroid dienone is 1. The number of amides is 1. The number of carbonyl (C=O) groups excluding carboxylic acids is 1. The molecule has 1 rings (SSSR count). The number of thioether (sulfide) groups is 1. The van der Waals surface area contributed by atoms with Crippen LogP contribution in [-0.4, -0.2) is 27.4 Å². The summed E-state index contributed by atoms with van der Waals surface area (Å²) < 4.78 is -1.28.